The molecule has 0 spiro atoms. The van der Waals surface area contributed by atoms with Crippen LogP contribution in [0.5, 0.6) is 0 Å². The van der Waals surface area contributed by atoms with E-state index in [1.807, 2.05) is 0 Å². The average molecular weight is 245 g/mol. The van der Waals surface area contributed by atoms with E-state index in [1.54, 1.807) is 0 Å². The second kappa shape index (κ2) is 5.27. The van der Waals surface area contributed by atoms with Crippen LogP contribution in [-0.2, 0) is 0 Å². The molecule has 0 saturated carbocycles. The Hall–Kier alpha value is -1.09. The Morgan fingerprint density at radius 3 is 3.00 bits per heavy atom. The van der Waals surface area contributed by atoms with Gasteiger partial charge in [-0.2, -0.15) is 5.10 Å². The number of aromatic nitrogens is 2. The van der Waals surface area contributed by atoms with E-state index in [4.69, 9.17) is 0 Å². The van der Waals surface area contributed by atoms with E-state index in [1.165, 1.54) is 56.6 Å². The fraction of sp³-hybridized carbons (Fsp3) is 0.667. The Morgan fingerprint density at radius 1 is 1.33 bits per heavy atom. The molecule has 18 heavy (non-hydrogen) atoms. The second-order valence-corrected chi connectivity index (χ2v) is 5.74. The van der Waals surface area contributed by atoms with Gasteiger partial charge in [-0.1, -0.05) is 12.2 Å². The van der Waals surface area contributed by atoms with Crippen LogP contribution in [0.2, 0.25) is 0 Å². The highest BCUT2D eigenvalue weighted by molar-refractivity contribution is 5.14. The lowest BCUT2D eigenvalue weighted by Gasteiger charge is -2.37. The van der Waals surface area contributed by atoms with Crippen LogP contribution in [0.3, 0.4) is 0 Å². The lowest BCUT2D eigenvalue weighted by Crippen LogP contribution is -2.41. The number of rotatable bonds is 2. The van der Waals surface area contributed by atoms with E-state index in [-0.39, 0.29) is 0 Å². The Bertz CT molecular complexity index is 421. The number of nitrogens with one attached hydrogen (secondary N) is 1. The molecule has 2 aliphatic rings. The normalized spacial score (nSPS) is 29.6. The predicted molar refractivity (Wildman–Crippen MR) is 73.7 cm³/mol. The van der Waals surface area contributed by atoms with Crippen molar-refractivity contribution in [1.82, 2.24) is 15.1 Å². The van der Waals surface area contributed by atoms with Gasteiger partial charge >= 0.3 is 0 Å². The smallest absolute Gasteiger partial charge is 0.0668 e. The molecule has 0 unspecified atom stereocenters. The molecule has 3 heteroatoms. The van der Waals surface area contributed by atoms with Gasteiger partial charge in [-0.25, -0.2) is 0 Å². The van der Waals surface area contributed by atoms with Gasteiger partial charge < -0.3 is 0 Å². The Labute approximate surface area is 109 Å². The van der Waals surface area contributed by atoms with Gasteiger partial charge in [0, 0.05) is 24.2 Å². The van der Waals surface area contributed by atoms with Gasteiger partial charge in [0.15, 0.2) is 0 Å². The van der Waals surface area contributed by atoms with Crippen molar-refractivity contribution in [3.63, 3.8) is 0 Å². The van der Waals surface area contributed by atoms with Gasteiger partial charge in [0.05, 0.1) is 5.69 Å². The molecule has 2 heterocycles. The number of allylic oxidation sites excluding steroid dienone is 1. The maximum absolute atomic E-state index is 4.45. The zero-order chi connectivity index (χ0) is 12.4. The molecule has 98 valence electrons. The van der Waals surface area contributed by atoms with Gasteiger partial charge in [-0.05, 0) is 51.6 Å². The Kier molecular flexibility index (Phi) is 3.50. The maximum atomic E-state index is 4.45. The number of H-pyrrole nitrogens is 1. The first-order valence-corrected chi connectivity index (χ1v) is 7.25. The molecular weight excluding hydrogens is 222 g/mol. The number of hydrogen-bond donors (Lipinski definition) is 1. The van der Waals surface area contributed by atoms with Crippen molar-refractivity contribution in [2.24, 2.45) is 0 Å². The minimum atomic E-state index is 0.624. The van der Waals surface area contributed by atoms with Crippen LogP contribution in [0.25, 0.3) is 0 Å². The molecule has 0 amide bonds. The minimum absolute atomic E-state index is 0.624. The van der Waals surface area contributed by atoms with Gasteiger partial charge in [0.25, 0.3) is 0 Å². The van der Waals surface area contributed by atoms with Crippen molar-refractivity contribution in [1.29, 1.82) is 0 Å². The number of likely N-dealkylation sites (tertiary alicyclic amines) is 1. The van der Waals surface area contributed by atoms with Crippen LogP contribution < -0.4 is 0 Å². The van der Waals surface area contributed by atoms with Crippen LogP contribution in [0.15, 0.2) is 18.2 Å². The molecule has 1 N–H and O–H groups in total. The summed E-state index contributed by atoms with van der Waals surface area (Å²) in [4.78, 5) is 2.66. The fourth-order valence-electron chi connectivity index (χ4n) is 3.30. The molecule has 1 saturated heterocycles. The highest BCUT2D eigenvalue weighted by Gasteiger charge is 2.27. The summed E-state index contributed by atoms with van der Waals surface area (Å²) in [5.41, 5.74) is 2.44. The van der Waals surface area contributed by atoms with E-state index in [0.717, 1.165) is 0 Å². The second-order valence-electron chi connectivity index (χ2n) is 5.74. The SMILES string of the molecule is Cc1cc([C@@H]2CCCN([C@H]3C=CCCC3)C2)n[nH]1. The van der Waals surface area contributed by atoms with Gasteiger partial charge in [-0.15, -0.1) is 0 Å². The van der Waals surface area contributed by atoms with E-state index < -0.39 is 0 Å². The van der Waals surface area contributed by atoms with E-state index in [2.05, 4.69) is 40.2 Å². The first kappa shape index (κ1) is 12.0. The number of piperidine rings is 1. The van der Waals surface area contributed by atoms with Crippen molar-refractivity contribution in [3.8, 4) is 0 Å². The largest absolute Gasteiger partial charge is 0.296 e. The molecule has 3 nitrogen and oxygen atoms in total. The van der Waals surface area contributed by atoms with E-state index in [9.17, 15) is 0 Å². The topological polar surface area (TPSA) is 31.9 Å². The Morgan fingerprint density at radius 2 is 2.28 bits per heavy atom. The van der Waals surface area contributed by atoms with Crippen LogP contribution in [0.4, 0.5) is 0 Å². The third-order valence-electron chi connectivity index (χ3n) is 4.29. The van der Waals surface area contributed by atoms with Crippen LogP contribution in [0, 0.1) is 6.92 Å². The van der Waals surface area contributed by atoms with E-state index in [0.29, 0.717) is 12.0 Å². The number of nitrogens with zero attached hydrogens (tertiary/aromatic N) is 2. The summed E-state index contributed by atoms with van der Waals surface area (Å²) in [6.07, 6.45) is 11.3. The van der Waals surface area contributed by atoms with Gasteiger partial charge in [0.2, 0.25) is 0 Å². The third kappa shape index (κ3) is 2.51. The molecule has 1 aromatic rings. The zero-order valence-electron chi connectivity index (χ0n) is 11.2. The quantitative estimate of drug-likeness (QED) is 0.812. The molecule has 1 fully saturated rings. The first-order chi connectivity index (χ1) is 8.83. The summed E-state index contributed by atoms with van der Waals surface area (Å²) in [7, 11) is 0. The summed E-state index contributed by atoms with van der Waals surface area (Å²) in [5.74, 6) is 0.624. The minimum Gasteiger partial charge on any atom is -0.296 e. The molecule has 0 aromatic carbocycles. The van der Waals surface area contributed by atoms with Crippen molar-refractivity contribution in [2.45, 2.75) is 51.0 Å². The molecule has 1 aliphatic carbocycles. The summed E-state index contributed by atoms with van der Waals surface area (Å²) in [6, 6.07) is 2.90. The predicted octanol–water partition coefficient (Wildman–Crippen LogP) is 3.01. The van der Waals surface area contributed by atoms with Crippen molar-refractivity contribution >= 4 is 0 Å². The van der Waals surface area contributed by atoms with E-state index >= 15 is 0 Å². The van der Waals surface area contributed by atoms with Gasteiger partial charge in [-0.3, -0.25) is 10.00 Å². The van der Waals surface area contributed by atoms with Crippen molar-refractivity contribution < 1.29 is 0 Å². The lowest BCUT2D eigenvalue weighted by molar-refractivity contribution is 0.161. The molecule has 1 aromatic heterocycles. The van der Waals surface area contributed by atoms with Crippen molar-refractivity contribution in [3.05, 3.63) is 29.6 Å². The fourth-order valence-corrected chi connectivity index (χ4v) is 3.30. The zero-order valence-corrected chi connectivity index (χ0v) is 11.2. The number of hydrogen-bond acceptors (Lipinski definition) is 2. The van der Waals surface area contributed by atoms with Crippen LogP contribution in [-0.4, -0.2) is 34.2 Å². The van der Waals surface area contributed by atoms with Crippen LogP contribution in [0.1, 0.15) is 49.4 Å². The summed E-state index contributed by atoms with van der Waals surface area (Å²) < 4.78 is 0. The maximum Gasteiger partial charge on any atom is 0.0668 e. The monoisotopic (exact) mass is 245 g/mol. The highest BCUT2D eigenvalue weighted by atomic mass is 15.2. The summed E-state index contributed by atoms with van der Waals surface area (Å²) in [6.45, 7) is 4.52. The molecule has 1 aliphatic heterocycles. The summed E-state index contributed by atoms with van der Waals surface area (Å²) >= 11 is 0. The first-order valence-electron chi connectivity index (χ1n) is 7.25. The number of aromatic amines is 1. The van der Waals surface area contributed by atoms with Crippen LogP contribution >= 0.6 is 0 Å². The van der Waals surface area contributed by atoms with Gasteiger partial charge in [0.1, 0.15) is 0 Å². The standard InChI is InChI=1S/C15H23N3/c1-12-10-15(17-16-12)13-6-5-9-18(11-13)14-7-3-2-4-8-14/h3,7,10,13-14H,2,4-6,8-9,11H2,1H3,(H,16,17)/t13-,14+/m1/s1. The average Bonchev–Trinajstić information content (AvgIpc) is 2.87. The highest BCUT2D eigenvalue weighted by Crippen LogP contribution is 2.29. The summed E-state index contributed by atoms with van der Waals surface area (Å²) in [5, 5.41) is 7.53. The molecule has 0 radical (unpaired) electrons. The molecule has 3 rings (SSSR count). The molecular formula is C15H23N3. The molecule has 0 bridgehead atoms. The number of aryl methyl sites for hydroxylation is 1. The third-order valence-corrected chi connectivity index (χ3v) is 4.29. The molecule has 2 atom stereocenters. The Balaban J connectivity index is 1.68. The lowest BCUT2D eigenvalue weighted by atomic mass is 9.91. The van der Waals surface area contributed by atoms with Crippen molar-refractivity contribution in [2.75, 3.05) is 13.1 Å².